The van der Waals surface area contributed by atoms with Crippen LogP contribution in [0.5, 0.6) is 0 Å². The van der Waals surface area contributed by atoms with E-state index in [-0.39, 0.29) is 23.4 Å². The van der Waals surface area contributed by atoms with E-state index in [9.17, 15) is 18.0 Å². The fourth-order valence-corrected chi connectivity index (χ4v) is 5.54. The molecule has 0 spiro atoms. The quantitative estimate of drug-likeness (QED) is 0.315. The molecule has 0 fully saturated rings. The second kappa shape index (κ2) is 13.6. The summed E-state index contributed by atoms with van der Waals surface area (Å²) in [6.45, 7) is 7.15. The van der Waals surface area contributed by atoms with Crippen LogP contribution in [0.15, 0.2) is 83.8 Å². The van der Waals surface area contributed by atoms with Crippen LogP contribution in [-0.4, -0.2) is 43.8 Å². The normalized spacial score (nSPS) is 12.8. The molecule has 7 nitrogen and oxygen atoms in total. The Balaban J connectivity index is 2.01. The number of anilines is 1. The molecule has 0 bridgehead atoms. The van der Waals surface area contributed by atoms with Crippen molar-refractivity contribution in [2.75, 3.05) is 10.8 Å². The van der Waals surface area contributed by atoms with E-state index in [0.717, 1.165) is 28.3 Å². The minimum absolute atomic E-state index is 0.0699. The number of aryl methyl sites for hydroxylation is 1. The summed E-state index contributed by atoms with van der Waals surface area (Å²) in [6, 6.07) is 21.2. The van der Waals surface area contributed by atoms with Gasteiger partial charge in [-0.05, 0) is 74.2 Å². The number of halogens is 1. The second-order valence-corrected chi connectivity index (χ2v) is 11.8. The van der Waals surface area contributed by atoms with Gasteiger partial charge in [0, 0.05) is 17.6 Å². The Morgan fingerprint density at radius 3 is 2.03 bits per heavy atom. The van der Waals surface area contributed by atoms with Crippen molar-refractivity contribution in [3.8, 4) is 0 Å². The maximum absolute atomic E-state index is 13.9. The van der Waals surface area contributed by atoms with Gasteiger partial charge in [-0.1, -0.05) is 67.9 Å². The molecule has 0 aliphatic carbocycles. The van der Waals surface area contributed by atoms with Crippen LogP contribution < -0.4 is 9.62 Å². The number of amides is 2. The molecular formula is C30H36ClN3O4S. The van der Waals surface area contributed by atoms with Crippen molar-refractivity contribution >= 4 is 39.1 Å². The minimum atomic E-state index is -4.08. The Kier molecular flexibility index (Phi) is 10.5. The number of nitrogens with one attached hydrogen (secondary N) is 1. The van der Waals surface area contributed by atoms with Gasteiger partial charge >= 0.3 is 0 Å². The van der Waals surface area contributed by atoms with Crippen molar-refractivity contribution in [3.05, 3.63) is 95.0 Å². The van der Waals surface area contributed by atoms with E-state index >= 15 is 0 Å². The van der Waals surface area contributed by atoms with E-state index in [1.54, 1.807) is 61.5 Å². The van der Waals surface area contributed by atoms with Crippen molar-refractivity contribution in [3.63, 3.8) is 0 Å². The first-order valence-corrected chi connectivity index (χ1v) is 14.9. The van der Waals surface area contributed by atoms with Crippen LogP contribution in [0, 0.1) is 0 Å². The fourth-order valence-electron chi connectivity index (χ4n) is 3.98. The van der Waals surface area contributed by atoms with Crippen LogP contribution in [-0.2, 0) is 32.6 Å². The van der Waals surface area contributed by atoms with Crippen LogP contribution in [0.4, 0.5) is 5.69 Å². The molecule has 1 N–H and O–H groups in total. The van der Waals surface area contributed by atoms with Gasteiger partial charge < -0.3 is 10.2 Å². The van der Waals surface area contributed by atoms with E-state index in [1.165, 1.54) is 17.0 Å². The molecule has 0 unspecified atom stereocenters. The smallest absolute Gasteiger partial charge is 0.264 e. The van der Waals surface area contributed by atoms with Crippen LogP contribution >= 0.6 is 11.6 Å². The molecule has 9 heteroatoms. The summed E-state index contributed by atoms with van der Waals surface area (Å²) in [7, 11) is -4.08. The predicted molar refractivity (Wildman–Crippen MR) is 156 cm³/mol. The zero-order chi connectivity index (χ0) is 28.6. The maximum atomic E-state index is 13.9. The van der Waals surface area contributed by atoms with E-state index < -0.39 is 28.5 Å². The lowest BCUT2D eigenvalue weighted by Crippen LogP contribution is -2.52. The Hall–Kier alpha value is -3.36. The van der Waals surface area contributed by atoms with Gasteiger partial charge in [0.2, 0.25) is 11.8 Å². The van der Waals surface area contributed by atoms with E-state index in [0.29, 0.717) is 10.7 Å². The zero-order valence-corrected chi connectivity index (χ0v) is 24.4. The Morgan fingerprint density at radius 1 is 0.872 bits per heavy atom. The maximum Gasteiger partial charge on any atom is 0.264 e. The molecule has 0 aliphatic rings. The van der Waals surface area contributed by atoms with Crippen molar-refractivity contribution in [2.24, 2.45) is 0 Å². The molecule has 3 aromatic rings. The molecular weight excluding hydrogens is 534 g/mol. The summed E-state index contributed by atoms with van der Waals surface area (Å²) in [6.07, 6.45) is 1.53. The number of carbonyl (C=O) groups excluding carboxylic acids is 2. The van der Waals surface area contributed by atoms with Gasteiger partial charge in [0.05, 0.1) is 10.6 Å². The summed E-state index contributed by atoms with van der Waals surface area (Å²) < 4.78 is 28.7. The average molecular weight is 570 g/mol. The highest BCUT2D eigenvalue weighted by Crippen LogP contribution is 2.25. The number of rotatable bonds is 12. The lowest BCUT2D eigenvalue weighted by Gasteiger charge is -2.32. The second-order valence-electron chi connectivity index (χ2n) is 9.49. The number of hydrogen-bond donors (Lipinski definition) is 1. The third kappa shape index (κ3) is 7.83. The first-order chi connectivity index (χ1) is 18.6. The first kappa shape index (κ1) is 30.2. The Labute approximate surface area is 236 Å². The van der Waals surface area contributed by atoms with Gasteiger partial charge in [0.1, 0.15) is 12.6 Å². The third-order valence-electron chi connectivity index (χ3n) is 6.68. The summed E-state index contributed by atoms with van der Waals surface area (Å²) in [5.74, 6) is -0.813. The molecule has 0 aromatic heterocycles. The molecule has 3 rings (SSSR count). The highest BCUT2D eigenvalue weighted by Gasteiger charge is 2.32. The molecule has 2 atom stereocenters. The molecule has 0 aliphatic heterocycles. The zero-order valence-electron chi connectivity index (χ0n) is 22.8. The van der Waals surface area contributed by atoms with Gasteiger partial charge in [-0.3, -0.25) is 13.9 Å². The van der Waals surface area contributed by atoms with Crippen molar-refractivity contribution in [2.45, 2.75) is 64.1 Å². The van der Waals surface area contributed by atoms with Gasteiger partial charge in [0.25, 0.3) is 10.0 Å². The molecule has 39 heavy (non-hydrogen) atoms. The van der Waals surface area contributed by atoms with Crippen LogP contribution in [0.1, 0.15) is 45.2 Å². The Morgan fingerprint density at radius 2 is 1.46 bits per heavy atom. The molecule has 208 valence electrons. The van der Waals surface area contributed by atoms with Crippen LogP contribution in [0.2, 0.25) is 5.02 Å². The number of carbonyl (C=O) groups is 2. The standard InChI is InChI=1S/C30H36ClN3O4S/c1-5-22(3)32-30(36)23(4)33(20-25-12-16-26(31)17-13-25)29(35)21-34(27-18-14-24(6-2)15-19-27)39(37,38)28-10-8-7-9-11-28/h7-19,22-23H,5-6,20-21H2,1-4H3,(H,32,36)/t22-,23+/m0/s1. The molecule has 0 saturated heterocycles. The summed E-state index contributed by atoms with van der Waals surface area (Å²) >= 11 is 6.05. The third-order valence-corrected chi connectivity index (χ3v) is 8.72. The number of benzene rings is 3. The highest BCUT2D eigenvalue weighted by molar-refractivity contribution is 7.92. The van der Waals surface area contributed by atoms with Crippen molar-refractivity contribution in [1.82, 2.24) is 10.2 Å². The highest BCUT2D eigenvalue weighted by atomic mass is 35.5. The van der Waals surface area contributed by atoms with E-state index in [2.05, 4.69) is 5.32 Å². The molecule has 0 radical (unpaired) electrons. The largest absolute Gasteiger partial charge is 0.352 e. The van der Waals surface area contributed by atoms with Crippen LogP contribution in [0.3, 0.4) is 0 Å². The molecule has 0 heterocycles. The molecule has 0 saturated carbocycles. The molecule has 2 amide bonds. The predicted octanol–water partition coefficient (Wildman–Crippen LogP) is 5.43. The minimum Gasteiger partial charge on any atom is -0.352 e. The number of nitrogens with zero attached hydrogens (tertiary/aromatic N) is 2. The number of sulfonamides is 1. The lowest BCUT2D eigenvalue weighted by atomic mass is 10.1. The SMILES string of the molecule is CCc1ccc(N(CC(=O)N(Cc2ccc(Cl)cc2)[C@H](C)C(=O)N[C@@H](C)CC)S(=O)(=O)c2ccccc2)cc1. The fraction of sp³-hybridized carbons (Fsp3) is 0.333. The Bertz CT molecular complexity index is 1350. The molecule has 3 aromatic carbocycles. The van der Waals surface area contributed by atoms with Gasteiger partial charge in [-0.2, -0.15) is 0 Å². The van der Waals surface area contributed by atoms with Crippen LogP contribution in [0.25, 0.3) is 0 Å². The van der Waals surface area contributed by atoms with Gasteiger partial charge in [0.15, 0.2) is 0 Å². The lowest BCUT2D eigenvalue weighted by molar-refractivity contribution is -0.139. The monoisotopic (exact) mass is 569 g/mol. The van der Waals surface area contributed by atoms with Gasteiger partial charge in [-0.15, -0.1) is 0 Å². The van der Waals surface area contributed by atoms with Crippen molar-refractivity contribution in [1.29, 1.82) is 0 Å². The van der Waals surface area contributed by atoms with E-state index in [4.69, 9.17) is 11.6 Å². The van der Waals surface area contributed by atoms with E-state index in [1.807, 2.05) is 32.9 Å². The van der Waals surface area contributed by atoms with Crippen molar-refractivity contribution < 1.29 is 18.0 Å². The summed E-state index contributed by atoms with van der Waals surface area (Å²) in [5, 5.41) is 3.48. The number of hydrogen-bond acceptors (Lipinski definition) is 4. The topological polar surface area (TPSA) is 86.8 Å². The van der Waals surface area contributed by atoms with Gasteiger partial charge in [-0.25, -0.2) is 8.42 Å². The summed E-state index contributed by atoms with van der Waals surface area (Å²) in [5.41, 5.74) is 2.18. The average Bonchev–Trinajstić information content (AvgIpc) is 2.95. The summed E-state index contributed by atoms with van der Waals surface area (Å²) in [4.78, 5) is 28.5. The first-order valence-electron chi connectivity index (χ1n) is 13.1.